The lowest BCUT2D eigenvalue weighted by atomic mass is 10.0. The summed E-state index contributed by atoms with van der Waals surface area (Å²) >= 11 is 0. The largest absolute Gasteiger partial charge is 0.467 e. The van der Waals surface area contributed by atoms with Crippen LogP contribution in [0.15, 0.2) is 24.4 Å². The lowest BCUT2D eigenvalue weighted by molar-refractivity contribution is -0.106. The number of amidine groups is 1. The molecule has 36 heavy (non-hydrogen) atoms. The van der Waals surface area contributed by atoms with E-state index in [0.717, 1.165) is 4.90 Å². The number of aromatic nitrogens is 4. The van der Waals surface area contributed by atoms with E-state index >= 15 is 0 Å². The fraction of sp³-hybridized carbons (Fsp3) is 0.333. The van der Waals surface area contributed by atoms with Crippen LogP contribution in [0.25, 0.3) is 11.3 Å². The predicted octanol–water partition coefficient (Wildman–Crippen LogP) is 2.97. The summed E-state index contributed by atoms with van der Waals surface area (Å²) in [6.07, 6.45) is 0.987. The van der Waals surface area contributed by atoms with Crippen LogP contribution in [0.3, 0.4) is 0 Å². The Bertz CT molecular complexity index is 1280. The summed E-state index contributed by atoms with van der Waals surface area (Å²) in [5.74, 6) is -0.651. The van der Waals surface area contributed by atoms with Gasteiger partial charge >= 0.3 is 0 Å². The Hall–Kier alpha value is -4.37. The highest BCUT2D eigenvalue weighted by molar-refractivity contribution is 6.10. The van der Waals surface area contributed by atoms with E-state index in [1.54, 1.807) is 14.0 Å². The minimum atomic E-state index is -0.781. The average Bonchev–Trinajstić information content (AvgIpc) is 3.17. The molecule has 0 saturated heterocycles. The third-order valence-electron chi connectivity index (χ3n) is 4.96. The first-order valence-corrected chi connectivity index (χ1v) is 11.2. The molecule has 2 bridgehead atoms. The van der Waals surface area contributed by atoms with E-state index < -0.39 is 11.9 Å². The second-order valence-corrected chi connectivity index (χ2v) is 7.41. The molecule has 1 unspecified atom stereocenters. The number of nitrogens with zero attached hydrogens (tertiary/aromatic N) is 6. The lowest BCUT2D eigenvalue weighted by Crippen LogP contribution is -2.32. The number of amides is 1. The van der Waals surface area contributed by atoms with E-state index in [4.69, 9.17) is 15.9 Å². The van der Waals surface area contributed by atoms with Crippen LogP contribution in [0.2, 0.25) is 0 Å². The number of hydrogen-bond acceptors (Lipinski definition) is 9. The normalized spacial score (nSPS) is 14.1. The number of nitrogens with one attached hydrogen (secondary N) is 2. The van der Waals surface area contributed by atoms with E-state index in [1.807, 2.05) is 27.9 Å². The Morgan fingerprint density at radius 1 is 1.36 bits per heavy atom. The van der Waals surface area contributed by atoms with Crippen molar-refractivity contribution in [2.45, 2.75) is 33.3 Å². The Kier molecular flexibility index (Phi) is 9.57. The first-order valence-electron chi connectivity index (χ1n) is 11.2. The van der Waals surface area contributed by atoms with Crippen molar-refractivity contribution in [3.63, 3.8) is 0 Å². The zero-order valence-corrected chi connectivity index (χ0v) is 21.1. The van der Waals surface area contributed by atoms with Crippen molar-refractivity contribution < 1.29 is 13.9 Å². The van der Waals surface area contributed by atoms with E-state index in [2.05, 4.69) is 26.5 Å². The maximum atomic E-state index is 14.0. The van der Waals surface area contributed by atoms with Gasteiger partial charge in [0.2, 0.25) is 6.41 Å². The Balaban J connectivity index is 0.000000850. The summed E-state index contributed by atoms with van der Waals surface area (Å²) in [6, 6.07) is 5.88. The summed E-state index contributed by atoms with van der Waals surface area (Å²) < 4.78 is 21.3. The second kappa shape index (κ2) is 12.4. The second-order valence-electron chi connectivity index (χ2n) is 7.41. The SMILES string of the molecule is CC.CC1Oc2nc(cnc2N)-c2c(nn(C)c2C#N)CC(=N)N(C=O)c2ccc(F)cc21.CNC. The van der Waals surface area contributed by atoms with Gasteiger partial charge in [-0.2, -0.15) is 10.4 Å². The van der Waals surface area contributed by atoms with Crippen LogP contribution in [-0.2, 0) is 18.3 Å². The minimum absolute atomic E-state index is 0.00722. The molecule has 3 heterocycles. The van der Waals surface area contributed by atoms with Crippen molar-refractivity contribution in [1.82, 2.24) is 25.1 Å². The van der Waals surface area contributed by atoms with E-state index in [0.29, 0.717) is 23.2 Å². The zero-order chi connectivity index (χ0) is 27.0. The summed E-state index contributed by atoms with van der Waals surface area (Å²) in [4.78, 5) is 21.6. The molecule has 2 aromatic heterocycles. The first-order chi connectivity index (χ1) is 17.2. The van der Waals surface area contributed by atoms with E-state index in [-0.39, 0.29) is 41.0 Å². The molecule has 1 amide bonds. The van der Waals surface area contributed by atoms with Crippen LogP contribution in [0.1, 0.15) is 43.8 Å². The number of rotatable bonds is 1. The summed E-state index contributed by atoms with van der Waals surface area (Å²) in [7, 11) is 5.34. The summed E-state index contributed by atoms with van der Waals surface area (Å²) in [5.41, 5.74) is 7.73. The van der Waals surface area contributed by atoms with Gasteiger partial charge in [-0.15, -0.1) is 0 Å². The van der Waals surface area contributed by atoms with Gasteiger partial charge in [0.05, 0.1) is 35.3 Å². The van der Waals surface area contributed by atoms with Crippen LogP contribution in [-0.4, -0.2) is 46.1 Å². The molecule has 1 aliphatic heterocycles. The average molecular weight is 496 g/mol. The highest BCUT2D eigenvalue weighted by Gasteiger charge is 2.27. The van der Waals surface area contributed by atoms with Crippen LogP contribution < -0.4 is 20.7 Å². The van der Waals surface area contributed by atoms with Crippen LogP contribution in [0, 0.1) is 22.6 Å². The molecule has 0 radical (unpaired) electrons. The number of benzene rings is 1. The maximum Gasteiger partial charge on any atom is 0.258 e. The van der Waals surface area contributed by atoms with E-state index in [9.17, 15) is 14.4 Å². The number of carbonyl (C=O) groups excluding carboxylic acids is 1. The molecular formula is C24H30FN9O2. The number of aryl methyl sites for hydroxylation is 1. The van der Waals surface area contributed by atoms with Crippen LogP contribution >= 0.6 is 0 Å². The van der Waals surface area contributed by atoms with Crippen molar-refractivity contribution in [2.24, 2.45) is 7.05 Å². The monoisotopic (exact) mass is 495 g/mol. The van der Waals surface area contributed by atoms with Crippen LogP contribution in [0.5, 0.6) is 5.88 Å². The molecule has 11 nitrogen and oxygen atoms in total. The molecule has 1 aromatic carbocycles. The van der Waals surface area contributed by atoms with Gasteiger partial charge in [0.15, 0.2) is 5.82 Å². The molecule has 1 atom stereocenters. The fourth-order valence-corrected chi connectivity index (χ4v) is 3.50. The number of ether oxygens (including phenoxy) is 1. The molecule has 0 fully saturated rings. The number of anilines is 2. The fourth-order valence-electron chi connectivity index (χ4n) is 3.50. The molecule has 0 spiro atoms. The minimum Gasteiger partial charge on any atom is -0.467 e. The number of nitriles is 1. The van der Waals surface area contributed by atoms with Gasteiger partial charge < -0.3 is 15.8 Å². The van der Waals surface area contributed by atoms with Crippen LogP contribution in [0.4, 0.5) is 15.9 Å². The van der Waals surface area contributed by atoms with Gasteiger partial charge in [-0.3, -0.25) is 19.8 Å². The maximum absolute atomic E-state index is 14.0. The van der Waals surface area contributed by atoms with Gasteiger partial charge in [-0.05, 0) is 39.2 Å². The number of nitrogens with two attached hydrogens (primary N) is 1. The molecule has 190 valence electrons. The molecule has 4 rings (SSSR count). The topological polar surface area (TPSA) is 159 Å². The Morgan fingerprint density at radius 3 is 2.64 bits per heavy atom. The Labute approximate surface area is 209 Å². The highest BCUT2D eigenvalue weighted by atomic mass is 19.1. The standard InChI is InChI=1S/C20H17FN8O2.C2H7N.C2H6/c1-10-12-5-11(21)3-4-15(12)29(9-30)17(23)6-13-18(16(7-22)28(2)27-13)14-8-25-19(24)20(26-14)31-10;1-3-2;1-2/h3-5,8-10,23H,6H2,1-2H3,(H2,24,25);3H,1-2H3;1-2H3. The van der Waals surface area contributed by atoms with Crippen molar-refractivity contribution in [3.05, 3.63) is 47.2 Å². The summed E-state index contributed by atoms with van der Waals surface area (Å²) in [5, 5.41) is 25.2. The third kappa shape index (κ3) is 5.64. The first kappa shape index (κ1) is 27.9. The quantitative estimate of drug-likeness (QED) is 0.435. The number of nitrogen functional groups attached to an aromatic ring is 1. The van der Waals surface area contributed by atoms with Gasteiger partial charge in [-0.25, -0.2) is 14.4 Å². The van der Waals surface area contributed by atoms with Gasteiger partial charge in [-0.1, -0.05) is 13.8 Å². The lowest BCUT2D eigenvalue weighted by Gasteiger charge is -2.25. The molecule has 0 aliphatic carbocycles. The van der Waals surface area contributed by atoms with E-state index in [1.165, 1.54) is 29.1 Å². The smallest absolute Gasteiger partial charge is 0.258 e. The molecular weight excluding hydrogens is 465 g/mol. The molecule has 3 aromatic rings. The Morgan fingerprint density at radius 2 is 2.03 bits per heavy atom. The number of fused-ring (bicyclic) bond motifs is 5. The van der Waals surface area contributed by atoms with Gasteiger partial charge in [0.25, 0.3) is 5.88 Å². The van der Waals surface area contributed by atoms with Crippen molar-refractivity contribution >= 4 is 23.8 Å². The van der Waals surface area contributed by atoms with Gasteiger partial charge in [0.1, 0.15) is 29.5 Å². The van der Waals surface area contributed by atoms with Crippen molar-refractivity contribution in [2.75, 3.05) is 24.7 Å². The molecule has 1 aliphatic rings. The molecule has 0 saturated carbocycles. The number of carbonyl (C=O) groups is 1. The van der Waals surface area contributed by atoms with Crippen molar-refractivity contribution in [3.8, 4) is 23.2 Å². The molecule has 4 N–H and O–H groups in total. The number of hydrogen-bond donors (Lipinski definition) is 3. The molecule has 12 heteroatoms. The summed E-state index contributed by atoms with van der Waals surface area (Å²) in [6.45, 7) is 5.64. The van der Waals surface area contributed by atoms with Gasteiger partial charge in [0, 0.05) is 12.6 Å². The highest BCUT2D eigenvalue weighted by Crippen LogP contribution is 2.35. The predicted molar refractivity (Wildman–Crippen MR) is 135 cm³/mol. The zero-order valence-electron chi connectivity index (χ0n) is 21.1. The number of halogens is 1. The third-order valence-corrected chi connectivity index (χ3v) is 4.96. The van der Waals surface area contributed by atoms with Crippen molar-refractivity contribution in [1.29, 1.82) is 10.7 Å².